The minimum atomic E-state index is 0.912. The quantitative estimate of drug-likeness (QED) is 0.137. The normalized spacial score (nSPS) is 11.9. The highest BCUT2D eigenvalue weighted by Crippen LogP contribution is 2.45. The van der Waals surface area contributed by atoms with Crippen molar-refractivity contribution in [2.75, 3.05) is 0 Å². The van der Waals surface area contributed by atoms with Crippen molar-refractivity contribution in [2.24, 2.45) is 0 Å². The van der Waals surface area contributed by atoms with Crippen LogP contribution in [0.2, 0.25) is 0 Å². The van der Waals surface area contributed by atoms with E-state index in [0.717, 1.165) is 77.8 Å². The second kappa shape index (κ2) is 26.2. The van der Waals surface area contributed by atoms with E-state index in [-0.39, 0.29) is 0 Å². The minimum absolute atomic E-state index is 0.912. The van der Waals surface area contributed by atoms with E-state index in [9.17, 15) is 0 Å². The molecule has 0 fully saturated rings. The van der Waals surface area contributed by atoms with E-state index in [1.54, 1.807) is 0 Å². The molecule has 532 valence electrons. The van der Waals surface area contributed by atoms with Gasteiger partial charge in [-0.25, -0.2) is 0 Å². The summed E-state index contributed by atoms with van der Waals surface area (Å²) in [5, 5.41) is 14.5. The van der Waals surface area contributed by atoms with Gasteiger partial charge in [-0.15, -0.1) is 0 Å². The summed E-state index contributed by atoms with van der Waals surface area (Å²) in [6, 6.07) is 149. The Morgan fingerprint density at radius 2 is 0.447 bits per heavy atom. The molecule has 0 bridgehead atoms. The molecule has 6 nitrogen and oxygen atoms in total. The highest BCUT2D eigenvalue weighted by molar-refractivity contribution is 6.17. The zero-order valence-corrected chi connectivity index (χ0v) is 61.9. The first-order chi connectivity index (χ1) is 56.5. The maximum Gasteiger partial charge on any atom is 0.143 e. The van der Waals surface area contributed by atoms with Crippen LogP contribution in [0.3, 0.4) is 0 Å². The summed E-state index contributed by atoms with van der Waals surface area (Å²) in [7, 11) is 0. The molecule has 18 aromatic carbocycles. The largest absolute Gasteiger partial charge is 0.456 e. The molecule has 0 radical (unpaired) electrons. The summed E-state index contributed by atoms with van der Waals surface area (Å²) < 4.78 is 22.2. The third kappa shape index (κ3) is 10.5. The van der Waals surface area contributed by atoms with Crippen molar-refractivity contribution in [2.45, 2.75) is 0 Å². The zero-order chi connectivity index (χ0) is 74.9. The van der Waals surface area contributed by atoms with Gasteiger partial charge in [0.25, 0.3) is 0 Å². The molecule has 0 saturated carbocycles. The van der Waals surface area contributed by atoms with Gasteiger partial charge in [-0.2, -0.15) is 0 Å². The summed E-state index contributed by atoms with van der Waals surface area (Å²) in [6.07, 6.45) is 0. The Labute approximate surface area is 656 Å². The third-order valence-electron chi connectivity index (χ3n) is 23.5. The van der Waals surface area contributed by atoms with Gasteiger partial charge in [0, 0.05) is 92.9 Å². The van der Waals surface area contributed by atoms with E-state index in [1.807, 2.05) is 24.3 Å². The number of para-hydroxylation sites is 7. The van der Waals surface area contributed by atoms with Crippen molar-refractivity contribution in [3.05, 3.63) is 413 Å². The van der Waals surface area contributed by atoms with Gasteiger partial charge < -0.3 is 27.1 Å². The maximum atomic E-state index is 6.38. The number of rotatable bonds is 10. The molecule has 114 heavy (non-hydrogen) atoms. The fraction of sp³-hybridized carbons (Fsp3) is 0. The summed E-state index contributed by atoms with van der Waals surface area (Å²) in [5.41, 5.74) is 32.0. The number of nitrogens with zero attached hydrogens (tertiary/aromatic N) is 4. The molecule has 0 aliphatic rings. The van der Waals surface area contributed by atoms with Crippen molar-refractivity contribution in [3.8, 4) is 89.5 Å². The molecule has 6 heteroatoms. The Hall–Kier alpha value is -15.2. The first-order valence-corrected chi connectivity index (χ1v) is 39.0. The van der Waals surface area contributed by atoms with Gasteiger partial charge in [0.15, 0.2) is 0 Å². The van der Waals surface area contributed by atoms with Gasteiger partial charge in [0.2, 0.25) is 0 Å². The molecule has 6 heterocycles. The van der Waals surface area contributed by atoms with Crippen LogP contribution in [0.4, 0.5) is 0 Å². The first-order valence-electron chi connectivity index (χ1n) is 39.0. The van der Waals surface area contributed by atoms with Gasteiger partial charge in [-0.1, -0.05) is 273 Å². The third-order valence-corrected chi connectivity index (χ3v) is 23.5. The number of fused-ring (bicyclic) bond motifs is 18. The number of hydrogen-bond donors (Lipinski definition) is 0. The smallest absolute Gasteiger partial charge is 0.143 e. The van der Waals surface area contributed by atoms with Crippen molar-refractivity contribution in [1.29, 1.82) is 0 Å². The topological polar surface area (TPSA) is 46.0 Å². The second-order valence-corrected chi connectivity index (χ2v) is 29.8. The van der Waals surface area contributed by atoms with E-state index in [2.05, 4.69) is 407 Å². The van der Waals surface area contributed by atoms with Crippen LogP contribution < -0.4 is 0 Å². The van der Waals surface area contributed by atoms with E-state index >= 15 is 0 Å². The molecule has 0 spiro atoms. The number of benzene rings is 18. The summed E-state index contributed by atoms with van der Waals surface area (Å²) in [5.74, 6) is 0. The molecular formula is C108H68N4O2. The van der Waals surface area contributed by atoms with Gasteiger partial charge in [0.1, 0.15) is 22.3 Å². The van der Waals surface area contributed by atoms with E-state index < -0.39 is 0 Å². The molecule has 24 aromatic rings. The van der Waals surface area contributed by atoms with Crippen LogP contribution in [-0.4, -0.2) is 18.3 Å². The van der Waals surface area contributed by atoms with Crippen LogP contribution in [0, 0.1) is 0 Å². The Balaban J connectivity index is 0.000000135. The van der Waals surface area contributed by atoms with Crippen molar-refractivity contribution >= 4 is 131 Å². The Morgan fingerprint density at radius 1 is 0.149 bits per heavy atom. The molecule has 6 aromatic heterocycles. The first kappa shape index (κ1) is 64.7. The van der Waals surface area contributed by atoms with Crippen molar-refractivity contribution in [1.82, 2.24) is 18.3 Å². The predicted molar refractivity (Wildman–Crippen MR) is 477 cm³/mol. The monoisotopic (exact) mass is 1450 g/mol. The van der Waals surface area contributed by atoms with E-state index in [1.165, 1.54) is 143 Å². The zero-order valence-electron chi connectivity index (χ0n) is 61.9. The van der Waals surface area contributed by atoms with Crippen LogP contribution in [0.15, 0.2) is 421 Å². The molecule has 0 aliphatic carbocycles. The maximum absolute atomic E-state index is 6.38. The predicted octanol–water partition coefficient (Wildman–Crippen LogP) is 29.6. The van der Waals surface area contributed by atoms with Crippen LogP contribution in [0.1, 0.15) is 0 Å². The van der Waals surface area contributed by atoms with Crippen LogP contribution in [0.25, 0.3) is 221 Å². The van der Waals surface area contributed by atoms with E-state index in [0.29, 0.717) is 0 Å². The van der Waals surface area contributed by atoms with Crippen molar-refractivity contribution < 1.29 is 8.83 Å². The summed E-state index contributed by atoms with van der Waals surface area (Å²) in [6.45, 7) is 0. The number of aromatic nitrogens is 4. The molecule has 0 unspecified atom stereocenters. The average Bonchev–Trinajstić information content (AvgIpc) is 1.59. The summed E-state index contributed by atoms with van der Waals surface area (Å²) >= 11 is 0. The van der Waals surface area contributed by atoms with Gasteiger partial charge in [-0.3, -0.25) is 0 Å². The van der Waals surface area contributed by atoms with Crippen LogP contribution in [0.5, 0.6) is 0 Å². The van der Waals surface area contributed by atoms with E-state index in [4.69, 9.17) is 8.83 Å². The number of hydrogen-bond acceptors (Lipinski definition) is 2. The molecule has 0 atom stereocenters. The minimum Gasteiger partial charge on any atom is -0.456 e. The lowest BCUT2D eigenvalue weighted by Gasteiger charge is -2.11. The van der Waals surface area contributed by atoms with Crippen molar-refractivity contribution in [3.63, 3.8) is 0 Å². The molecule has 0 N–H and O–H groups in total. The lowest BCUT2D eigenvalue weighted by Crippen LogP contribution is -1.94. The molecule has 0 saturated heterocycles. The average molecular weight is 1450 g/mol. The Morgan fingerprint density at radius 3 is 0.895 bits per heavy atom. The number of furan rings is 2. The fourth-order valence-corrected chi connectivity index (χ4v) is 18.2. The Bertz CT molecular complexity index is 7960. The van der Waals surface area contributed by atoms with Gasteiger partial charge in [-0.05, 0) is 201 Å². The standard InChI is InChI=1S/2C54H34N2O/c1-2-12-35(13-3-1)37-14-10-15-41(32-37)56-50-22-8-5-17-44(50)48-34-39(27-31-52(48)56)38-26-30-51-47(33-38)43-16-4-7-21-49(43)55(51)40-28-24-36(25-29-40)42-19-11-20-46-45-18-6-9-23-53(45)57-54(42)46;1-2-12-35(13-3-1)37-14-10-15-41(32-37)56-49-21-8-5-17-44(49)47-34-39(27-31-51(47)56)38-26-30-50-46(33-38)43-16-4-7-20-48(43)55(50)40-28-24-36(25-29-40)42-19-11-23-53-54(42)45-18-6-9-22-52(45)57-53/h2*1-34H. The second-order valence-electron chi connectivity index (χ2n) is 29.8. The SMILES string of the molecule is c1ccc(-c2cccc(-n3c4ccccc4c4cc(-c5ccc6c(c5)c5ccccc5n6-c5ccc(-c6cccc7c6oc6ccccc67)cc5)ccc43)c2)cc1.c1ccc(-c2cccc(-n3c4ccccc4c4cc(-c5ccc6c(c5)c5ccccc5n6-c5ccc(-c6cccc7oc8ccccc8c67)cc5)ccc43)c2)cc1. The molecule has 0 amide bonds. The highest BCUT2D eigenvalue weighted by Gasteiger charge is 2.22. The van der Waals surface area contributed by atoms with Gasteiger partial charge >= 0.3 is 0 Å². The Kier molecular flexibility index (Phi) is 14.9. The molecule has 0 aliphatic heterocycles. The highest BCUT2D eigenvalue weighted by atomic mass is 16.3. The van der Waals surface area contributed by atoms with Crippen LogP contribution >= 0.6 is 0 Å². The van der Waals surface area contributed by atoms with Crippen LogP contribution in [-0.2, 0) is 0 Å². The lowest BCUT2D eigenvalue weighted by atomic mass is 9.99. The van der Waals surface area contributed by atoms with Gasteiger partial charge in [0.05, 0.1) is 44.1 Å². The lowest BCUT2D eigenvalue weighted by molar-refractivity contribution is 0.669. The fourth-order valence-electron chi connectivity index (χ4n) is 18.2. The molecule has 24 rings (SSSR count). The molecular weight excluding hydrogens is 1390 g/mol. The summed E-state index contributed by atoms with van der Waals surface area (Å²) in [4.78, 5) is 0.